The second-order valence-corrected chi connectivity index (χ2v) is 3.20. The first-order valence-electron chi connectivity index (χ1n) is 3.15. The van der Waals surface area contributed by atoms with Crippen molar-refractivity contribution in [3.8, 4) is 0 Å². The van der Waals surface area contributed by atoms with Crippen LogP contribution in [0.1, 0.15) is 6.42 Å². The Balaban J connectivity index is 2.85. The third kappa shape index (κ3) is 0.809. The van der Waals surface area contributed by atoms with Crippen molar-refractivity contribution in [3.63, 3.8) is 0 Å². The van der Waals surface area contributed by atoms with Crippen LogP contribution in [0, 0.1) is 0 Å². The van der Waals surface area contributed by atoms with Gasteiger partial charge in [-0.25, -0.2) is 4.98 Å². The summed E-state index contributed by atoms with van der Waals surface area (Å²) in [5, 5.41) is 1.12. The van der Waals surface area contributed by atoms with Crippen LogP contribution in [0.15, 0.2) is 17.7 Å². The lowest BCUT2D eigenvalue weighted by Crippen LogP contribution is -2.23. The minimum atomic E-state index is 0.955. The molecule has 0 N–H and O–H groups in total. The number of thiazole rings is 1. The molecular formula is C8H7NS. The van der Waals surface area contributed by atoms with E-state index in [1.165, 1.54) is 10.1 Å². The van der Waals surface area contributed by atoms with Gasteiger partial charge in [0.2, 0.25) is 0 Å². The third-order valence-corrected chi connectivity index (χ3v) is 2.31. The van der Waals surface area contributed by atoms with Crippen LogP contribution >= 0.6 is 11.3 Å². The summed E-state index contributed by atoms with van der Waals surface area (Å²) in [4.78, 5) is 4.18. The van der Waals surface area contributed by atoms with E-state index in [0.29, 0.717) is 0 Å². The van der Waals surface area contributed by atoms with Gasteiger partial charge in [-0.3, -0.25) is 0 Å². The molecule has 1 aliphatic rings. The van der Waals surface area contributed by atoms with Crippen LogP contribution in [0.25, 0.3) is 12.2 Å². The number of rotatable bonds is 0. The predicted octanol–water partition coefficient (Wildman–Crippen LogP) is 0.664. The van der Waals surface area contributed by atoms with Gasteiger partial charge in [0.05, 0.1) is 15.4 Å². The summed E-state index contributed by atoms with van der Waals surface area (Å²) in [5.74, 6) is 0. The van der Waals surface area contributed by atoms with Crippen molar-refractivity contribution in [1.82, 2.24) is 4.98 Å². The van der Waals surface area contributed by atoms with Gasteiger partial charge < -0.3 is 0 Å². The molecule has 0 aliphatic heterocycles. The van der Waals surface area contributed by atoms with Crippen LogP contribution in [0.2, 0.25) is 0 Å². The topological polar surface area (TPSA) is 12.9 Å². The molecule has 1 aliphatic carbocycles. The highest BCUT2D eigenvalue weighted by Gasteiger charge is 1.96. The van der Waals surface area contributed by atoms with Crippen LogP contribution in [0.4, 0.5) is 0 Å². The molecular weight excluding hydrogens is 142 g/mol. The molecule has 0 saturated heterocycles. The van der Waals surface area contributed by atoms with Gasteiger partial charge in [0, 0.05) is 0 Å². The molecule has 0 aromatic carbocycles. The monoisotopic (exact) mass is 149 g/mol. The lowest BCUT2D eigenvalue weighted by molar-refractivity contribution is 1.25. The molecule has 2 heteroatoms. The smallest absolute Gasteiger partial charge is 0.0805 e. The van der Waals surface area contributed by atoms with Crippen molar-refractivity contribution >= 4 is 23.5 Å². The lowest BCUT2D eigenvalue weighted by Gasteiger charge is -1.95. The van der Waals surface area contributed by atoms with Crippen molar-refractivity contribution in [3.05, 3.63) is 27.5 Å². The molecule has 10 heavy (non-hydrogen) atoms. The average Bonchev–Trinajstić information content (AvgIpc) is 2.33. The molecule has 0 amide bonds. The zero-order valence-electron chi connectivity index (χ0n) is 5.50. The Morgan fingerprint density at radius 3 is 3.40 bits per heavy atom. The Morgan fingerprint density at radius 1 is 1.60 bits per heavy atom. The standard InChI is InChI=1S/C8H7NS/c1-6-2-3-7-8(4-6)10-5-9-7/h3-5H,1-2H2. The molecule has 2 rings (SSSR count). The van der Waals surface area contributed by atoms with E-state index in [2.05, 4.69) is 23.7 Å². The summed E-state index contributed by atoms with van der Waals surface area (Å²) in [6.45, 7) is 3.88. The highest BCUT2D eigenvalue weighted by molar-refractivity contribution is 7.07. The highest BCUT2D eigenvalue weighted by atomic mass is 32.1. The Kier molecular flexibility index (Phi) is 1.21. The molecule has 0 bridgehead atoms. The van der Waals surface area contributed by atoms with Gasteiger partial charge in [0.25, 0.3) is 0 Å². The Morgan fingerprint density at radius 2 is 2.50 bits per heavy atom. The number of hydrogen-bond acceptors (Lipinski definition) is 2. The first-order chi connectivity index (χ1) is 4.86. The van der Waals surface area contributed by atoms with Gasteiger partial charge in [-0.2, -0.15) is 0 Å². The van der Waals surface area contributed by atoms with E-state index < -0.39 is 0 Å². The van der Waals surface area contributed by atoms with Crippen LogP contribution in [-0.4, -0.2) is 4.98 Å². The first-order valence-corrected chi connectivity index (χ1v) is 4.03. The summed E-state index contributed by atoms with van der Waals surface area (Å²) in [5.41, 5.74) is 3.05. The normalized spacial score (nSPS) is 15.4. The summed E-state index contributed by atoms with van der Waals surface area (Å²) < 4.78 is 1.25. The first kappa shape index (κ1) is 5.86. The molecule has 0 fully saturated rings. The molecule has 1 nitrogen and oxygen atoms in total. The molecule has 1 heterocycles. The number of aromatic nitrogens is 1. The van der Waals surface area contributed by atoms with Crippen LogP contribution < -0.4 is 9.88 Å². The van der Waals surface area contributed by atoms with E-state index in [1.807, 2.05) is 5.51 Å². The average molecular weight is 149 g/mol. The van der Waals surface area contributed by atoms with Gasteiger partial charge in [-0.1, -0.05) is 12.7 Å². The fourth-order valence-corrected chi connectivity index (χ4v) is 1.77. The molecule has 0 saturated carbocycles. The molecule has 50 valence electrons. The van der Waals surface area contributed by atoms with Gasteiger partial charge in [0.15, 0.2) is 0 Å². The predicted molar refractivity (Wildman–Crippen MR) is 44.1 cm³/mol. The van der Waals surface area contributed by atoms with Gasteiger partial charge in [-0.05, 0) is 18.1 Å². The van der Waals surface area contributed by atoms with Crippen molar-refractivity contribution in [2.24, 2.45) is 0 Å². The van der Waals surface area contributed by atoms with Crippen LogP contribution in [-0.2, 0) is 0 Å². The van der Waals surface area contributed by atoms with Crippen molar-refractivity contribution < 1.29 is 0 Å². The van der Waals surface area contributed by atoms with E-state index >= 15 is 0 Å². The Labute approximate surface area is 63.0 Å². The van der Waals surface area contributed by atoms with Crippen molar-refractivity contribution in [1.29, 1.82) is 0 Å². The van der Waals surface area contributed by atoms with Crippen molar-refractivity contribution in [2.75, 3.05) is 0 Å². The zero-order chi connectivity index (χ0) is 6.97. The maximum Gasteiger partial charge on any atom is 0.0805 e. The number of allylic oxidation sites excluding steroid dienone is 1. The minimum Gasteiger partial charge on any atom is -0.245 e. The van der Waals surface area contributed by atoms with E-state index in [9.17, 15) is 0 Å². The van der Waals surface area contributed by atoms with Crippen molar-refractivity contribution in [2.45, 2.75) is 6.42 Å². The van der Waals surface area contributed by atoms with Crippen LogP contribution in [0.5, 0.6) is 0 Å². The van der Waals surface area contributed by atoms with Gasteiger partial charge >= 0.3 is 0 Å². The van der Waals surface area contributed by atoms with E-state index in [0.717, 1.165) is 11.8 Å². The van der Waals surface area contributed by atoms with Crippen LogP contribution in [0.3, 0.4) is 0 Å². The molecule has 1 aromatic heterocycles. The number of hydrogen-bond donors (Lipinski definition) is 0. The Hall–Kier alpha value is -0.890. The largest absolute Gasteiger partial charge is 0.245 e. The fourth-order valence-electron chi connectivity index (χ4n) is 0.997. The second-order valence-electron chi connectivity index (χ2n) is 2.31. The minimum absolute atomic E-state index is 0.955. The quantitative estimate of drug-likeness (QED) is 0.528. The van der Waals surface area contributed by atoms with Gasteiger partial charge in [-0.15, -0.1) is 11.3 Å². The number of nitrogens with zero attached hydrogens (tertiary/aromatic N) is 1. The highest BCUT2D eigenvalue weighted by Crippen LogP contribution is 2.02. The zero-order valence-corrected chi connectivity index (χ0v) is 6.32. The molecule has 0 atom stereocenters. The maximum absolute atomic E-state index is 4.18. The van der Waals surface area contributed by atoms with E-state index in [4.69, 9.17) is 0 Å². The SMILES string of the molecule is C=C1C=c2scnc2=CC1. The molecule has 0 spiro atoms. The number of fused-ring (bicyclic) bond motifs is 1. The van der Waals surface area contributed by atoms with Gasteiger partial charge in [0.1, 0.15) is 0 Å². The summed E-state index contributed by atoms with van der Waals surface area (Å²) in [6, 6.07) is 0. The fraction of sp³-hybridized carbons (Fsp3) is 0.125. The summed E-state index contributed by atoms with van der Waals surface area (Å²) in [7, 11) is 0. The molecule has 0 unspecified atom stereocenters. The summed E-state index contributed by atoms with van der Waals surface area (Å²) >= 11 is 1.67. The van der Waals surface area contributed by atoms with E-state index in [-0.39, 0.29) is 0 Å². The third-order valence-electron chi connectivity index (χ3n) is 1.52. The van der Waals surface area contributed by atoms with E-state index in [1.54, 1.807) is 11.3 Å². The molecule has 1 aromatic rings. The molecule has 0 radical (unpaired) electrons. The Bertz CT molecular complexity index is 372. The maximum atomic E-state index is 4.18. The lowest BCUT2D eigenvalue weighted by atomic mass is 10.1. The second kappa shape index (κ2) is 2.06. The summed E-state index contributed by atoms with van der Waals surface area (Å²) in [6.07, 6.45) is 5.18.